The lowest BCUT2D eigenvalue weighted by Gasteiger charge is -2.06. The summed E-state index contributed by atoms with van der Waals surface area (Å²) in [4.78, 5) is 55.3. The molecule has 30 heavy (non-hydrogen) atoms. The summed E-state index contributed by atoms with van der Waals surface area (Å²) in [5.74, 6) is -1.31. The fourth-order valence-electron chi connectivity index (χ4n) is 2.27. The number of hydrogen-bond donors (Lipinski definition) is 3. The second kappa shape index (κ2) is 12.6. The molecule has 158 valence electrons. The van der Waals surface area contributed by atoms with Gasteiger partial charge in [-0.15, -0.1) is 0 Å². The van der Waals surface area contributed by atoms with Crippen LogP contribution in [0.5, 0.6) is 0 Å². The molecule has 3 amide bonds. The van der Waals surface area contributed by atoms with E-state index in [4.69, 9.17) is 0 Å². The third-order valence-electron chi connectivity index (χ3n) is 3.45. The number of Topliss-reactive ketones (excluding diaryl/α,β-unsaturated/α-hetero) is 2. The SMILES string of the molecule is CC(=O)CC(=O)NCC(=O)c1cccc(NC(C)=O)c1.CC(=O)Nc1ccccc1. The number of hydrogen-bond acceptors (Lipinski definition) is 5. The van der Waals surface area contributed by atoms with Crippen molar-refractivity contribution in [2.24, 2.45) is 0 Å². The van der Waals surface area contributed by atoms with E-state index in [1.54, 1.807) is 18.2 Å². The molecule has 3 N–H and O–H groups in total. The standard InChI is InChI=1S/C14H16N2O4.C8H9NO/c1-9(17)6-14(20)15-8-13(19)11-4-3-5-12(7-11)16-10(2)18;1-7(10)9-8-5-3-2-4-6-8/h3-5,7H,6,8H2,1-2H3,(H,15,20)(H,16,18);2-6H,1H3,(H,9,10). The Morgan fingerprint density at radius 1 is 0.733 bits per heavy atom. The lowest BCUT2D eigenvalue weighted by atomic mass is 10.1. The summed E-state index contributed by atoms with van der Waals surface area (Å²) in [5.41, 5.74) is 1.73. The predicted octanol–water partition coefficient (Wildman–Crippen LogP) is 2.57. The number of anilines is 2. The van der Waals surface area contributed by atoms with Crippen molar-refractivity contribution in [3.8, 4) is 0 Å². The molecular weight excluding hydrogens is 386 g/mol. The summed E-state index contributed by atoms with van der Waals surface area (Å²) < 4.78 is 0. The van der Waals surface area contributed by atoms with Crippen LogP contribution in [-0.4, -0.2) is 35.8 Å². The molecule has 0 aliphatic heterocycles. The van der Waals surface area contributed by atoms with Crippen LogP contribution in [-0.2, 0) is 19.2 Å². The van der Waals surface area contributed by atoms with Gasteiger partial charge in [0.15, 0.2) is 5.78 Å². The van der Waals surface area contributed by atoms with E-state index in [9.17, 15) is 24.0 Å². The van der Waals surface area contributed by atoms with Crippen molar-refractivity contribution in [1.29, 1.82) is 0 Å². The number of benzene rings is 2. The zero-order valence-electron chi connectivity index (χ0n) is 17.2. The van der Waals surface area contributed by atoms with Crippen LogP contribution in [0, 0.1) is 0 Å². The molecule has 0 saturated carbocycles. The van der Waals surface area contributed by atoms with Crippen LogP contribution in [0.1, 0.15) is 37.6 Å². The second-order valence-corrected chi connectivity index (χ2v) is 6.39. The van der Waals surface area contributed by atoms with Gasteiger partial charge in [-0.05, 0) is 31.2 Å². The fraction of sp³-hybridized carbons (Fsp3) is 0.227. The molecule has 2 aromatic carbocycles. The minimum Gasteiger partial charge on any atom is -0.348 e. The Hall–Kier alpha value is -3.81. The Balaban J connectivity index is 0.000000375. The molecular formula is C22H25N3O5. The van der Waals surface area contributed by atoms with E-state index in [1.165, 1.54) is 26.8 Å². The fourth-order valence-corrected chi connectivity index (χ4v) is 2.27. The molecule has 0 heterocycles. The summed E-state index contributed by atoms with van der Waals surface area (Å²) in [6.07, 6.45) is -0.237. The Morgan fingerprint density at radius 2 is 1.30 bits per heavy atom. The highest BCUT2D eigenvalue weighted by Crippen LogP contribution is 2.11. The summed E-state index contributed by atoms with van der Waals surface area (Å²) >= 11 is 0. The molecule has 2 aromatic rings. The molecule has 0 bridgehead atoms. The van der Waals surface area contributed by atoms with Gasteiger partial charge >= 0.3 is 0 Å². The van der Waals surface area contributed by atoms with Crippen LogP contribution in [0.3, 0.4) is 0 Å². The van der Waals surface area contributed by atoms with Gasteiger partial charge in [0, 0.05) is 30.8 Å². The Bertz CT molecular complexity index is 910. The van der Waals surface area contributed by atoms with Gasteiger partial charge in [0.25, 0.3) is 0 Å². The monoisotopic (exact) mass is 411 g/mol. The largest absolute Gasteiger partial charge is 0.348 e. The van der Waals surface area contributed by atoms with Crippen LogP contribution in [0.2, 0.25) is 0 Å². The highest BCUT2D eigenvalue weighted by molar-refractivity contribution is 6.03. The number of carbonyl (C=O) groups is 5. The molecule has 0 aromatic heterocycles. The lowest BCUT2D eigenvalue weighted by Crippen LogP contribution is -2.30. The van der Waals surface area contributed by atoms with Crippen molar-refractivity contribution < 1.29 is 24.0 Å². The second-order valence-electron chi connectivity index (χ2n) is 6.39. The smallest absolute Gasteiger partial charge is 0.227 e. The number of nitrogens with one attached hydrogen (secondary N) is 3. The van der Waals surface area contributed by atoms with E-state index in [2.05, 4.69) is 16.0 Å². The van der Waals surface area contributed by atoms with Crippen LogP contribution < -0.4 is 16.0 Å². The Morgan fingerprint density at radius 3 is 1.87 bits per heavy atom. The Kier molecular flexibility index (Phi) is 10.2. The third-order valence-corrected chi connectivity index (χ3v) is 3.45. The average Bonchev–Trinajstić information content (AvgIpc) is 2.66. The van der Waals surface area contributed by atoms with Gasteiger partial charge < -0.3 is 16.0 Å². The van der Waals surface area contributed by atoms with Crippen LogP contribution in [0.25, 0.3) is 0 Å². The molecule has 2 rings (SSSR count). The van der Waals surface area contributed by atoms with E-state index < -0.39 is 5.91 Å². The summed E-state index contributed by atoms with van der Waals surface area (Å²) in [7, 11) is 0. The van der Waals surface area contributed by atoms with E-state index in [0.717, 1.165) is 5.69 Å². The highest BCUT2D eigenvalue weighted by atomic mass is 16.2. The minimum absolute atomic E-state index is 0.0359. The number of ketones is 2. The maximum Gasteiger partial charge on any atom is 0.227 e. The maximum atomic E-state index is 11.9. The third kappa shape index (κ3) is 10.5. The molecule has 8 nitrogen and oxygen atoms in total. The van der Waals surface area contributed by atoms with E-state index in [1.807, 2.05) is 30.3 Å². The Labute approximate surface area is 175 Å². The maximum absolute atomic E-state index is 11.9. The number of amides is 3. The first kappa shape index (κ1) is 24.2. The van der Waals surface area contributed by atoms with Crippen molar-refractivity contribution in [1.82, 2.24) is 5.32 Å². The van der Waals surface area contributed by atoms with Crippen molar-refractivity contribution in [3.63, 3.8) is 0 Å². The molecule has 0 atom stereocenters. The first-order valence-electron chi connectivity index (χ1n) is 9.17. The lowest BCUT2D eigenvalue weighted by molar-refractivity contribution is -0.127. The van der Waals surface area contributed by atoms with Gasteiger partial charge in [-0.2, -0.15) is 0 Å². The van der Waals surface area contributed by atoms with Crippen molar-refractivity contribution in [3.05, 3.63) is 60.2 Å². The molecule has 0 unspecified atom stereocenters. The number of carbonyl (C=O) groups excluding carboxylic acids is 5. The van der Waals surface area contributed by atoms with Crippen molar-refractivity contribution in [2.75, 3.05) is 17.2 Å². The zero-order valence-corrected chi connectivity index (χ0v) is 17.2. The first-order chi connectivity index (χ1) is 14.2. The van der Waals surface area contributed by atoms with Gasteiger partial charge in [-0.25, -0.2) is 0 Å². The van der Waals surface area contributed by atoms with Gasteiger partial charge in [-0.1, -0.05) is 30.3 Å². The molecule has 0 saturated heterocycles. The highest BCUT2D eigenvalue weighted by Gasteiger charge is 2.10. The van der Waals surface area contributed by atoms with Crippen molar-refractivity contribution >= 4 is 40.7 Å². The number of para-hydroxylation sites is 1. The topological polar surface area (TPSA) is 121 Å². The van der Waals surface area contributed by atoms with E-state index in [-0.39, 0.29) is 36.3 Å². The summed E-state index contributed by atoms with van der Waals surface area (Å²) in [5, 5.41) is 7.61. The van der Waals surface area contributed by atoms with E-state index in [0.29, 0.717) is 11.3 Å². The van der Waals surface area contributed by atoms with Gasteiger partial charge in [-0.3, -0.25) is 24.0 Å². The van der Waals surface area contributed by atoms with Gasteiger partial charge in [0.05, 0.1) is 13.0 Å². The van der Waals surface area contributed by atoms with Gasteiger partial charge in [0.1, 0.15) is 5.78 Å². The molecule has 0 radical (unpaired) electrons. The van der Waals surface area contributed by atoms with E-state index >= 15 is 0 Å². The zero-order chi connectivity index (χ0) is 22.5. The molecule has 8 heteroatoms. The van der Waals surface area contributed by atoms with Crippen LogP contribution in [0.15, 0.2) is 54.6 Å². The molecule has 0 spiro atoms. The molecule has 0 fully saturated rings. The van der Waals surface area contributed by atoms with Crippen LogP contribution in [0.4, 0.5) is 11.4 Å². The predicted molar refractivity (Wildman–Crippen MR) is 114 cm³/mol. The first-order valence-corrected chi connectivity index (χ1v) is 9.17. The molecule has 0 aliphatic carbocycles. The normalized spacial score (nSPS) is 9.43. The molecule has 0 aliphatic rings. The quantitative estimate of drug-likeness (QED) is 0.478. The summed E-state index contributed by atoms with van der Waals surface area (Å²) in [6, 6.07) is 15.8. The average molecular weight is 411 g/mol. The van der Waals surface area contributed by atoms with Gasteiger partial charge in [0.2, 0.25) is 17.7 Å². The summed E-state index contributed by atoms with van der Waals surface area (Å²) in [6.45, 7) is 3.98. The van der Waals surface area contributed by atoms with Crippen molar-refractivity contribution in [2.45, 2.75) is 27.2 Å². The minimum atomic E-state index is -0.483. The van der Waals surface area contributed by atoms with Crippen LogP contribution >= 0.6 is 0 Å². The number of rotatable bonds is 7.